The van der Waals surface area contributed by atoms with Crippen molar-refractivity contribution in [1.29, 1.82) is 0 Å². The Balaban J connectivity index is 1.29. The Hall–Kier alpha value is -1.75. The molecule has 0 saturated heterocycles. The van der Waals surface area contributed by atoms with Gasteiger partial charge in [0.1, 0.15) is 6.61 Å². The van der Waals surface area contributed by atoms with Crippen molar-refractivity contribution < 1.29 is 9.53 Å². The van der Waals surface area contributed by atoms with E-state index in [9.17, 15) is 4.79 Å². The number of rotatable bonds is 7. The van der Waals surface area contributed by atoms with Crippen LogP contribution in [0, 0.1) is 0 Å². The summed E-state index contributed by atoms with van der Waals surface area (Å²) in [4.78, 5) is 11.8. The molecule has 4 nitrogen and oxygen atoms in total. The second-order valence-electron chi connectivity index (χ2n) is 6.51. The highest BCUT2D eigenvalue weighted by atomic mass is 35.5. The van der Waals surface area contributed by atoms with E-state index < -0.39 is 0 Å². The molecule has 0 unspecified atom stereocenters. The van der Waals surface area contributed by atoms with Crippen LogP contribution in [0.4, 0.5) is 4.79 Å². The summed E-state index contributed by atoms with van der Waals surface area (Å²) >= 11 is 12.1. The van der Waals surface area contributed by atoms with Crippen molar-refractivity contribution in [3.05, 3.63) is 69.7 Å². The Morgan fingerprint density at radius 1 is 1.08 bits per heavy atom. The minimum atomic E-state index is -0.356. The molecule has 26 heavy (non-hydrogen) atoms. The number of carbonyl (C=O) groups is 1. The lowest BCUT2D eigenvalue weighted by atomic mass is 9.87. The largest absolute Gasteiger partial charge is 0.445 e. The van der Waals surface area contributed by atoms with Gasteiger partial charge in [0.15, 0.2) is 0 Å². The zero-order valence-corrected chi connectivity index (χ0v) is 15.9. The summed E-state index contributed by atoms with van der Waals surface area (Å²) in [5, 5.41) is 7.74. The van der Waals surface area contributed by atoms with E-state index in [-0.39, 0.29) is 12.1 Å². The molecule has 2 aromatic carbocycles. The maximum Gasteiger partial charge on any atom is 0.407 e. The lowest BCUT2D eigenvalue weighted by Crippen LogP contribution is -2.52. The van der Waals surface area contributed by atoms with Crippen LogP contribution in [-0.2, 0) is 17.8 Å². The molecule has 0 heterocycles. The van der Waals surface area contributed by atoms with Crippen LogP contribution in [0.3, 0.4) is 0 Å². The van der Waals surface area contributed by atoms with Gasteiger partial charge in [0.05, 0.1) is 0 Å². The minimum absolute atomic E-state index is 0.176. The fourth-order valence-corrected chi connectivity index (χ4v) is 3.47. The van der Waals surface area contributed by atoms with Gasteiger partial charge >= 0.3 is 6.09 Å². The highest BCUT2D eigenvalue weighted by molar-refractivity contribution is 6.35. The molecule has 0 spiro atoms. The number of hydrogen-bond acceptors (Lipinski definition) is 3. The molecule has 6 heteroatoms. The Bertz CT molecular complexity index is 734. The normalized spacial score (nSPS) is 18.8. The van der Waals surface area contributed by atoms with Crippen molar-refractivity contribution in [2.45, 2.75) is 38.0 Å². The van der Waals surface area contributed by atoms with E-state index in [1.807, 2.05) is 42.5 Å². The van der Waals surface area contributed by atoms with Crippen LogP contribution in [0.5, 0.6) is 0 Å². The number of nitrogens with one attached hydrogen (secondary N) is 2. The molecule has 1 fully saturated rings. The number of carbonyl (C=O) groups excluding carboxylic acids is 1. The summed E-state index contributed by atoms with van der Waals surface area (Å²) < 4.78 is 5.24. The average Bonchev–Trinajstić information content (AvgIpc) is 2.60. The van der Waals surface area contributed by atoms with Crippen LogP contribution in [-0.4, -0.2) is 24.7 Å². The highest BCUT2D eigenvalue weighted by Crippen LogP contribution is 2.22. The number of halogens is 2. The summed E-state index contributed by atoms with van der Waals surface area (Å²) in [5.74, 6) is 0. The first-order valence-corrected chi connectivity index (χ1v) is 9.50. The highest BCUT2D eigenvalue weighted by Gasteiger charge is 2.30. The standard InChI is InChI=1S/C20H22Cl2N2O2/c21-16-7-6-15(19(22)10-16)8-9-23-17-11-18(12-17)24-20(25)26-13-14-4-2-1-3-5-14/h1-7,10,17-18,23H,8-9,11-13H2,(H,24,25). The average molecular weight is 393 g/mol. The SMILES string of the molecule is O=C(NC1CC(NCCc2ccc(Cl)cc2Cl)C1)OCc1ccccc1. The van der Waals surface area contributed by atoms with E-state index in [0.717, 1.165) is 36.9 Å². The minimum Gasteiger partial charge on any atom is -0.445 e. The summed E-state index contributed by atoms with van der Waals surface area (Å²) in [6.07, 6.45) is 2.32. The van der Waals surface area contributed by atoms with Crippen molar-refractivity contribution in [3.63, 3.8) is 0 Å². The van der Waals surface area contributed by atoms with Gasteiger partial charge in [-0.1, -0.05) is 59.6 Å². The third-order valence-corrected chi connectivity index (χ3v) is 5.10. The quantitative estimate of drug-likeness (QED) is 0.724. The molecule has 0 atom stereocenters. The maximum absolute atomic E-state index is 11.8. The first kappa shape index (κ1) is 19.0. The summed E-state index contributed by atoms with van der Waals surface area (Å²) in [6, 6.07) is 15.8. The van der Waals surface area contributed by atoms with Crippen LogP contribution in [0.25, 0.3) is 0 Å². The van der Waals surface area contributed by atoms with Gasteiger partial charge in [0.25, 0.3) is 0 Å². The summed E-state index contributed by atoms with van der Waals surface area (Å²) in [7, 11) is 0. The number of benzene rings is 2. The molecule has 0 aliphatic heterocycles. The number of ether oxygens (including phenoxy) is 1. The predicted octanol–water partition coefficient (Wildman–Crippen LogP) is 4.58. The van der Waals surface area contributed by atoms with Crippen molar-refractivity contribution in [1.82, 2.24) is 10.6 Å². The van der Waals surface area contributed by atoms with E-state index in [1.54, 1.807) is 6.07 Å². The molecule has 0 aromatic heterocycles. The monoisotopic (exact) mass is 392 g/mol. The Labute approximate surface area is 163 Å². The molecular weight excluding hydrogens is 371 g/mol. The van der Waals surface area contributed by atoms with E-state index >= 15 is 0 Å². The zero-order valence-electron chi connectivity index (χ0n) is 14.4. The van der Waals surface area contributed by atoms with Gasteiger partial charge in [-0.2, -0.15) is 0 Å². The van der Waals surface area contributed by atoms with E-state index in [0.29, 0.717) is 22.7 Å². The van der Waals surface area contributed by atoms with Crippen molar-refractivity contribution in [2.75, 3.05) is 6.54 Å². The number of amides is 1. The lowest BCUT2D eigenvalue weighted by Gasteiger charge is -2.36. The van der Waals surface area contributed by atoms with Crippen molar-refractivity contribution in [3.8, 4) is 0 Å². The second-order valence-corrected chi connectivity index (χ2v) is 7.35. The fraction of sp³-hybridized carbons (Fsp3) is 0.350. The third kappa shape index (κ3) is 5.63. The molecule has 1 saturated carbocycles. The topological polar surface area (TPSA) is 50.4 Å². The molecule has 2 aromatic rings. The van der Waals surface area contributed by atoms with Gasteiger partial charge in [0, 0.05) is 22.1 Å². The molecule has 1 aliphatic rings. The van der Waals surface area contributed by atoms with Crippen LogP contribution >= 0.6 is 23.2 Å². The summed E-state index contributed by atoms with van der Waals surface area (Å²) in [5.41, 5.74) is 2.07. The lowest BCUT2D eigenvalue weighted by molar-refractivity contribution is 0.125. The fourth-order valence-electron chi connectivity index (χ4n) is 2.97. The Kier molecular flexibility index (Phi) is 6.78. The van der Waals surface area contributed by atoms with Crippen LogP contribution in [0.15, 0.2) is 48.5 Å². The molecular formula is C20H22Cl2N2O2. The number of alkyl carbamates (subject to hydrolysis) is 1. The van der Waals surface area contributed by atoms with Gasteiger partial charge in [0.2, 0.25) is 0 Å². The smallest absolute Gasteiger partial charge is 0.407 e. The van der Waals surface area contributed by atoms with E-state index in [2.05, 4.69) is 10.6 Å². The first-order chi connectivity index (χ1) is 12.6. The maximum atomic E-state index is 11.8. The molecule has 3 rings (SSSR count). The second kappa shape index (κ2) is 9.26. The Morgan fingerprint density at radius 3 is 2.58 bits per heavy atom. The summed E-state index contributed by atoms with van der Waals surface area (Å²) in [6.45, 7) is 1.14. The van der Waals surface area contributed by atoms with Gasteiger partial charge in [-0.3, -0.25) is 0 Å². The molecule has 1 amide bonds. The Morgan fingerprint density at radius 2 is 1.85 bits per heavy atom. The molecule has 138 valence electrons. The van der Waals surface area contributed by atoms with Crippen LogP contribution < -0.4 is 10.6 Å². The molecule has 1 aliphatic carbocycles. The van der Waals surface area contributed by atoms with Crippen LogP contribution in [0.2, 0.25) is 10.0 Å². The van der Waals surface area contributed by atoms with Gasteiger partial charge in [-0.15, -0.1) is 0 Å². The van der Waals surface area contributed by atoms with E-state index in [4.69, 9.17) is 27.9 Å². The molecule has 0 radical (unpaired) electrons. The zero-order chi connectivity index (χ0) is 18.4. The van der Waals surface area contributed by atoms with E-state index in [1.165, 1.54) is 0 Å². The third-order valence-electron chi connectivity index (χ3n) is 4.52. The van der Waals surface area contributed by atoms with Gasteiger partial charge in [-0.05, 0) is 49.1 Å². The van der Waals surface area contributed by atoms with Crippen LogP contribution in [0.1, 0.15) is 24.0 Å². The molecule has 0 bridgehead atoms. The van der Waals surface area contributed by atoms with Crippen molar-refractivity contribution in [2.24, 2.45) is 0 Å². The van der Waals surface area contributed by atoms with Gasteiger partial charge < -0.3 is 15.4 Å². The predicted molar refractivity (Wildman–Crippen MR) is 105 cm³/mol. The first-order valence-electron chi connectivity index (χ1n) is 8.74. The number of hydrogen-bond donors (Lipinski definition) is 2. The van der Waals surface area contributed by atoms with Crippen molar-refractivity contribution >= 4 is 29.3 Å². The van der Waals surface area contributed by atoms with Gasteiger partial charge in [-0.25, -0.2) is 4.79 Å². The molecule has 2 N–H and O–H groups in total.